The number of hydrogen-bond donors (Lipinski definition) is 1. The Bertz CT molecular complexity index is 867. The molecule has 0 fully saturated rings. The first-order valence-corrected chi connectivity index (χ1v) is 8.59. The third-order valence-corrected chi connectivity index (χ3v) is 3.80. The molecular formula is C21H23NO7. The summed E-state index contributed by atoms with van der Waals surface area (Å²) in [4.78, 5) is 23.8. The number of rotatable bonds is 9. The van der Waals surface area contributed by atoms with Crippen molar-refractivity contribution < 1.29 is 33.3 Å². The molecule has 8 heteroatoms. The van der Waals surface area contributed by atoms with Crippen LogP contribution < -0.4 is 24.3 Å². The maximum Gasteiger partial charge on any atom is 0.331 e. The van der Waals surface area contributed by atoms with E-state index >= 15 is 0 Å². The van der Waals surface area contributed by atoms with Crippen molar-refractivity contribution in [3.8, 4) is 23.0 Å². The molecule has 0 radical (unpaired) electrons. The average molecular weight is 401 g/mol. The second-order valence-corrected chi connectivity index (χ2v) is 5.68. The smallest absolute Gasteiger partial charge is 0.331 e. The fourth-order valence-corrected chi connectivity index (χ4v) is 2.44. The van der Waals surface area contributed by atoms with E-state index in [0.29, 0.717) is 34.2 Å². The molecule has 0 aromatic heterocycles. The molecular weight excluding hydrogens is 378 g/mol. The Labute approximate surface area is 169 Å². The van der Waals surface area contributed by atoms with Gasteiger partial charge < -0.3 is 29.0 Å². The molecule has 0 unspecified atom stereocenters. The Morgan fingerprint density at radius 2 is 1.62 bits per heavy atom. The number of carbonyl (C=O) groups excluding carboxylic acids is 2. The third-order valence-electron chi connectivity index (χ3n) is 3.80. The van der Waals surface area contributed by atoms with Crippen molar-refractivity contribution in [3.63, 3.8) is 0 Å². The maximum atomic E-state index is 11.9. The van der Waals surface area contributed by atoms with Crippen LogP contribution in [0.2, 0.25) is 0 Å². The Kier molecular flexibility index (Phi) is 7.90. The Morgan fingerprint density at radius 3 is 2.21 bits per heavy atom. The zero-order chi connectivity index (χ0) is 21.2. The Morgan fingerprint density at radius 1 is 0.931 bits per heavy atom. The first-order valence-electron chi connectivity index (χ1n) is 8.59. The van der Waals surface area contributed by atoms with Gasteiger partial charge in [-0.15, -0.1) is 0 Å². The van der Waals surface area contributed by atoms with Crippen LogP contribution in [0, 0.1) is 0 Å². The fourth-order valence-electron chi connectivity index (χ4n) is 2.44. The van der Waals surface area contributed by atoms with Gasteiger partial charge in [-0.3, -0.25) is 4.79 Å². The van der Waals surface area contributed by atoms with Gasteiger partial charge in [-0.05, 0) is 35.9 Å². The van der Waals surface area contributed by atoms with Crippen LogP contribution >= 0.6 is 0 Å². The van der Waals surface area contributed by atoms with Crippen LogP contribution in [0.1, 0.15) is 5.56 Å². The number of anilines is 1. The molecule has 154 valence electrons. The summed E-state index contributed by atoms with van der Waals surface area (Å²) < 4.78 is 25.8. The van der Waals surface area contributed by atoms with Gasteiger partial charge in [0.25, 0.3) is 5.91 Å². The van der Waals surface area contributed by atoms with E-state index in [4.69, 9.17) is 23.7 Å². The van der Waals surface area contributed by atoms with E-state index in [2.05, 4.69) is 5.32 Å². The highest BCUT2D eigenvalue weighted by atomic mass is 16.5. The van der Waals surface area contributed by atoms with Gasteiger partial charge in [-0.1, -0.05) is 6.07 Å². The molecule has 0 aliphatic heterocycles. The molecule has 0 saturated carbocycles. The van der Waals surface area contributed by atoms with Crippen LogP contribution in [0.4, 0.5) is 5.69 Å². The largest absolute Gasteiger partial charge is 0.497 e. The zero-order valence-corrected chi connectivity index (χ0v) is 16.7. The number of benzene rings is 2. The minimum Gasteiger partial charge on any atom is -0.497 e. The maximum absolute atomic E-state index is 11.9. The molecule has 0 saturated heterocycles. The summed E-state index contributed by atoms with van der Waals surface area (Å²) in [5.74, 6) is 0.833. The normalized spacial score (nSPS) is 10.3. The summed E-state index contributed by atoms with van der Waals surface area (Å²) >= 11 is 0. The molecule has 2 aromatic rings. The van der Waals surface area contributed by atoms with E-state index in [1.54, 1.807) is 36.4 Å². The standard InChI is InChI=1S/C21H23NO7/c1-25-16-7-5-6-15(12-16)22-19(23)13-29-20(24)9-8-14-10-17(26-2)21(28-4)18(11-14)27-3/h5-12H,13H2,1-4H3,(H,22,23)/b9-8+. The van der Waals surface area contributed by atoms with Crippen molar-refractivity contribution in [3.05, 3.63) is 48.0 Å². The quantitative estimate of drug-likeness (QED) is 0.510. The van der Waals surface area contributed by atoms with E-state index in [0.717, 1.165) is 0 Å². The van der Waals surface area contributed by atoms with Gasteiger partial charge in [0.1, 0.15) is 5.75 Å². The lowest BCUT2D eigenvalue weighted by Gasteiger charge is -2.12. The Hall–Kier alpha value is -3.68. The van der Waals surface area contributed by atoms with Crippen molar-refractivity contribution in [2.24, 2.45) is 0 Å². The second-order valence-electron chi connectivity index (χ2n) is 5.68. The lowest BCUT2D eigenvalue weighted by molar-refractivity contribution is -0.142. The lowest BCUT2D eigenvalue weighted by atomic mass is 10.1. The number of nitrogens with one attached hydrogen (secondary N) is 1. The molecule has 2 aromatic carbocycles. The van der Waals surface area contributed by atoms with Gasteiger partial charge in [0.15, 0.2) is 18.1 Å². The molecule has 0 heterocycles. The van der Waals surface area contributed by atoms with Crippen LogP contribution in [-0.4, -0.2) is 46.9 Å². The molecule has 8 nitrogen and oxygen atoms in total. The molecule has 29 heavy (non-hydrogen) atoms. The third kappa shape index (κ3) is 6.17. The summed E-state index contributed by atoms with van der Waals surface area (Å²) in [6.07, 6.45) is 2.73. The first-order chi connectivity index (χ1) is 14.0. The number of carbonyl (C=O) groups is 2. The van der Waals surface area contributed by atoms with Crippen molar-refractivity contribution in [1.82, 2.24) is 0 Å². The molecule has 1 N–H and O–H groups in total. The highest BCUT2D eigenvalue weighted by Crippen LogP contribution is 2.38. The van der Waals surface area contributed by atoms with E-state index in [1.165, 1.54) is 40.6 Å². The minimum absolute atomic E-state index is 0.421. The lowest BCUT2D eigenvalue weighted by Crippen LogP contribution is -2.20. The molecule has 0 spiro atoms. The van der Waals surface area contributed by atoms with E-state index in [1.807, 2.05) is 0 Å². The monoisotopic (exact) mass is 401 g/mol. The van der Waals surface area contributed by atoms with Crippen LogP contribution in [0.15, 0.2) is 42.5 Å². The molecule has 1 amide bonds. The second kappa shape index (κ2) is 10.6. The molecule has 0 atom stereocenters. The number of ether oxygens (including phenoxy) is 5. The van der Waals surface area contributed by atoms with Crippen LogP contribution in [0.5, 0.6) is 23.0 Å². The Balaban J connectivity index is 1.94. The van der Waals surface area contributed by atoms with Crippen molar-refractivity contribution >= 4 is 23.6 Å². The SMILES string of the molecule is COc1cccc(NC(=O)COC(=O)/C=C/c2cc(OC)c(OC)c(OC)c2)c1. The number of methoxy groups -OCH3 is 4. The van der Waals surface area contributed by atoms with Gasteiger partial charge in [-0.2, -0.15) is 0 Å². The summed E-state index contributed by atoms with van der Waals surface area (Å²) in [7, 11) is 6.03. The number of amides is 1. The highest BCUT2D eigenvalue weighted by Gasteiger charge is 2.12. The average Bonchev–Trinajstić information content (AvgIpc) is 2.75. The van der Waals surface area contributed by atoms with Crippen molar-refractivity contribution in [2.75, 3.05) is 40.4 Å². The van der Waals surface area contributed by atoms with Crippen LogP contribution in [-0.2, 0) is 14.3 Å². The summed E-state index contributed by atoms with van der Waals surface area (Å²) in [5.41, 5.74) is 1.18. The molecule has 0 bridgehead atoms. The van der Waals surface area contributed by atoms with Crippen LogP contribution in [0.3, 0.4) is 0 Å². The van der Waals surface area contributed by atoms with Gasteiger partial charge in [0.2, 0.25) is 5.75 Å². The van der Waals surface area contributed by atoms with Crippen molar-refractivity contribution in [2.45, 2.75) is 0 Å². The predicted molar refractivity (Wildman–Crippen MR) is 108 cm³/mol. The fraction of sp³-hybridized carbons (Fsp3) is 0.238. The molecule has 0 aliphatic rings. The van der Waals surface area contributed by atoms with E-state index in [-0.39, 0.29) is 0 Å². The van der Waals surface area contributed by atoms with E-state index in [9.17, 15) is 9.59 Å². The van der Waals surface area contributed by atoms with Crippen LogP contribution in [0.25, 0.3) is 6.08 Å². The predicted octanol–water partition coefficient (Wildman–Crippen LogP) is 2.92. The number of hydrogen-bond acceptors (Lipinski definition) is 7. The van der Waals surface area contributed by atoms with Crippen molar-refractivity contribution in [1.29, 1.82) is 0 Å². The van der Waals surface area contributed by atoms with Gasteiger partial charge in [0.05, 0.1) is 28.4 Å². The topological polar surface area (TPSA) is 92.3 Å². The van der Waals surface area contributed by atoms with Gasteiger partial charge >= 0.3 is 5.97 Å². The van der Waals surface area contributed by atoms with Gasteiger partial charge in [-0.25, -0.2) is 4.79 Å². The highest BCUT2D eigenvalue weighted by molar-refractivity contribution is 5.94. The number of esters is 1. The summed E-state index contributed by atoms with van der Waals surface area (Å²) in [5, 5.41) is 2.62. The summed E-state index contributed by atoms with van der Waals surface area (Å²) in [6.45, 7) is -0.421. The summed E-state index contributed by atoms with van der Waals surface area (Å²) in [6, 6.07) is 10.2. The zero-order valence-electron chi connectivity index (χ0n) is 16.7. The van der Waals surface area contributed by atoms with E-state index < -0.39 is 18.5 Å². The first kappa shape index (κ1) is 21.6. The van der Waals surface area contributed by atoms with Gasteiger partial charge in [0, 0.05) is 17.8 Å². The molecule has 2 rings (SSSR count). The molecule has 0 aliphatic carbocycles. The minimum atomic E-state index is -0.667.